The van der Waals surface area contributed by atoms with Crippen molar-refractivity contribution in [3.05, 3.63) is 71.3 Å². The van der Waals surface area contributed by atoms with E-state index in [0.29, 0.717) is 23.1 Å². The van der Waals surface area contributed by atoms with E-state index >= 15 is 0 Å². The van der Waals surface area contributed by atoms with Crippen molar-refractivity contribution in [2.24, 2.45) is 5.92 Å². The summed E-state index contributed by atoms with van der Waals surface area (Å²) in [4.78, 5) is 42.2. The topological polar surface area (TPSA) is 95.1 Å². The molecule has 0 radical (unpaired) electrons. The van der Waals surface area contributed by atoms with Crippen LogP contribution >= 0.6 is 0 Å². The summed E-state index contributed by atoms with van der Waals surface area (Å²) in [5.74, 6) is -1.24. The van der Waals surface area contributed by atoms with Gasteiger partial charge in [0, 0.05) is 26.2 Å². The molecule has 8 nitrogen and oxygen atoms in total. The fraction of sp³-hybridized carbons (Fsp3) is 0.400. The summed E-state index contributed by atoms with van der Waals surface area (Å²) < 4.78 is 27.1. The molecule has 2 aromatic carbocycles. The number of imide groups is 1. The highest BCUT2D eigenvalue weighted by Gasteiger charge is 2.44. The normalized spacial score (nSPS) is 17.9. The molecule has 0 aromatic heterocycles. The first-order valence-corrected chi connectivity index (χ1v) is 13.1. The SMILES string of the molecule is CC(C)CC(C(=O)N1CCN(S(=O)(=O)Cc2ccccc2)CC1)N1C(=O)c2ccccc2C1=O. The fourth-order valence-electron chi connectivity index (χ4n) is 4.53. The van der Waals surface area contributed by atoms with Crippen LogP contribution in [0.3, 0.4) is 0 Å². The van der Waals surface area contributed by atoms with E-state index in [1.165, 1.54) is 4.31 Å². The van der Waals surface area contributed by atoms with Crippen LogP contribution < -0.4 is 0 Å². The minimum absolute atomic E-state index is 0.0748. The van der Waals surface area contributed by atoms with E-state index in [-0.39, 0.29) is 43.8 Å². The summed E-state index contributed by atoms with van der Waals surface area (Å²) >= 11 is 0. The van der Waals surface area contributed by atoms with E-state index in [1.807, 2.05) is 19.9 Å². The molecule has 2 heterocycles. The Labute approximate surface area is 200 Å². The molecule has 1 fully saturated rings. The summed E-state index contributed by atoms with van der Waals surface area (Å²) in [6.07, 6.45) is 0.344. The average Bonchev–Trinajstić information content (AvgIpc) is 3.07. The van der Waals surface area contributed by atoms with E-state index in [0.717, 1.165) is 4.90 Å². The Balaban J connectivity index is 1.47. The molecule has 0 bridgehead atoms. The predicted molar refractivity (Wildman–Crippen MR) is 127 cm³/mol. The molecule has 2 aliphatic heterocycles. The number of nitrogens with zero attached hydrogens (tertiary/aromatic N) is 3. The van der Waals surface area contributed by atoms with Crippen molar-refractivity contribution in [1.82, 2.24) is 14.1 Å². The van der Waals surface area contributed by atoms with Crippen molar-refractivity contribution in [3.8, 4) is 0 Å². The molecule has 2 aliphatic rings. The quantitative estimate of drug-likeness (QED) is 0.564. The number of benzene rings is 2. The van der Waals surface area contributed by atoms with Crippen LogP contribution in [-0.2, 0) is 20.6 Å². The van der Waals surface area contributed by atoms with Crippen molar-refractivity contribution >= 4 is 27.7 Å². The summed E-state index contributed by atoms with van der Waals surface area (Å²) in [6.45, 7) is 4.66. The number of rotatable bonds is 7. The van der Waals surface area contributed by atoms with Gasteiger partial charge in [0.2, 0.25) is 15.9 Å². The zero-order chi connectivity index (χ0) is 24.5. The molecular formula is C25H29N3O5S. The van der Waals surface area contributed by atoms with Crippen LogP contribution in [0.5, 0.6) is 0 Å². The maximum atomic E-state index is 13.5. The number of fused-ring (bicyclic) bond motifs is 1. The monoisotopic (exact) mass is 483 g/mol. The van der Waals surface area contributed by atoms with Crippen LogP contribution in [0.1, 0.15) is 46.5 Å². The molecule has 34 heavy (non-hydrogen) atoms. The number of hydrogen-bond donors (Lipinski definition) is 0. The van der Waals surface area contributed by atoms with Crippen LogP contribution in [-0.4, -0.2) is 72.5 Å². The summed E-state index contributed by atoms with van der Waals surface area (Å²) in [5, 5.41) is 0. The van der Waals surface area contributed by atoms with Gasteiger partial charge in [0.05, 0.1) is 16.9 Å². The maximum absolute atomic E-state index is 13.5. The Morgan fingerprint density at radius 2 is 1.38 bits per heavy atom. The first kappa shape index (κ1) is 24.1. The number of piperazine rings is 1. The van der Waals surface area contributed by atoms with Gasteiger partial charge in [-0.1, -0.05) is 56.3 Å². The summed E-state index contributed by atoms with van der Waals surface area (Å²) in [7, 11) is -3.52. The molecule has 1 saturated heterocycles. The van der Waals surface area contributed by atoms with Crippen LogP contribution in [0.15, 0.2) is 54.6 Å². The van der Waals surface area contributed by atoms with Gasteiger partial charge in [-0.3, -0.25) is 19.3 Å². The van der Waals surface area contributed by atoms with E-state index in [1.54, 1.807) is 53.4 Å². The minimum atomic E-state index is -3.52. The Morgan fingerprint density at radius 3 is 1.91 bits per heavy atom. The molecule has 0 N–H and O–H groups in total. The second-order valence-electron chi connectivity index (χ2n) is 9.14. The number of amides is 3. The molecule has 180 valence electrons. The summed E-state index contributed by atoms with van der Waals surface area (Å²) in [6, 6.07) is 14.7. The Kier molecular flexibility index (Phi) is 6.86. The van der Waals surface area contributed by atoms with Crippen LogP contribution in [0.4, 0.5) is 0 Å². The molecule has 1 unspecified atom stereocenters. The summed E-state index contributed by atoms with van der Waals surface area (Å²) in [5.41, 5.74) is 1.33. The van der Waals surface area contributed by atoms with Crippen molar-refractivity contribution in [2.75, 3.05) is 26.2 Å². The van der Waals surface area contributed by atoms with Gasteiger partial charge in [-0.05, 0) is 30.0 Å². The van der Waals surface area contributed by atoms with Crippen molar-refractivity contribution in [1.29, 1.82) is 0 Å². The zero-order valence-corrected chi connectivity index (χ0v) is 20.2. The van der Waals surface area contributed by atoms with Gasteiger partial charge in [0.25, 0.3) is 11.8 Å². The third kappa shape index (κ3) is 4.76. The third-order valence-corrected chi connectivity index (χ3v) is 8.10. The highest BCUT2D eigenvalue weighted by atomic mass is 32.2. The van der Waals surface area contributed by atoms with Gasteiger partial charge >= 0.3 is 0 Å². The lowest BCUT2D eigenvalue weighted by molar-refractivity contribution is -0.137. The predicted octanol–water partition coefficient (Wildman–Crippen LogP) is 2.37. The molecule has 0 saturated carbocycles. The van der Waals surface area contributed by atoms with Gasteiger partial charge in [-0.25, -0.2) is 8.42 Å². The first-order chi connectivity index (χ1) is 16.2. The number of carbonyl (C=O) groups is 3. The van der Waals surface area contributed by atoms with Crippen molar-refractivity contribution in [3.63, 3.8) is 0 Å². The standard InChI is InChI=1S/C25H29N3O5S/c1-18(2)16-22(28-23(29)20-10-6-7-11-21(20)24(28)30)25(31)26-12-14-27(15-13-26)34(32,33)17-19-8-4-3-5-9-19/h3-11,18,22H,12-17H2,1-2H3. The number of carbonyl (C=O) groups excluding carboxylic acids is 3. The number of hydrogen-bond acceptors (Lipinski definition) is 5. The Hall–Kier alpha value is -3.04. The second kappa shape index (κ2) is 9.68. The highest BCUT2D eigenvalue weighted by molar-refractivity contribution is 7.88. The van der Waals surface area contributed by atoms with Crippen molar-refractivity contribution < 1.29 is 22.8 Å². The third-order valence-electron chi connectivity index (χ3n) is 6.25. The molecule has 9 heteroatoms. The lowest BCUT2D eigenvalue weighted by Crippen LogP contribution is -2.57. The van der Waals surface area contributed by atoms with E-state index in [9.17, 15) is 22.8 Å². The maximum Gasteiger partial charge on any atom is 0.262 e. The van der Waals surface area contributed by atoms with Gasteiger partial charge in [0.1, 0.15) is 6.04 Å². The van der Waals surface area contributed by atoms with Crippen LogP contribution in [0.2, 0.25) is 0 Å². The smallest absolute Gasteiger partial charge is 0.262 e. The molecular weight excluding hydrogens is 454 g/mol. The first-order valence-electron chi connectivity index (χ1n) is 11.5. The van der Waals surface area contributed by atoms with Gasteiger partial charge in [-0.2, -0.15) is 4.31 Å². The molecule has 1 atom stereocenters. The molecule has 0 aliphatic carbocycles. The van der Waals surface area contributed by atoms with Gasteiger partial charge in [0.15, 0.2) is 0 Å². The second-order valence-corrected chi connectivity index (χ2v) is 11.1. The van der Waals surface area contributed by atoms with Crippen molar-refractivity contribution in [2.45, 2.75) is 32.1 Å². The van der Waals surface area contributed by atoms with Gasteiger partial charge in [-0.15, -0.1) is 0 Å². The lowest BCUT2D eigenvalue weighted by atomic mass is 10.0. The average molecular weight is 484 g/mol. The Morgan fingerprint density at radius 1 is 0.853 bits per heavy atom. The minimum Gasteiger partial charge on any atom is -0.338 e. The Bertz CT molecular complexity index is 1150. The zero-order valence-electron chi connectivity index (χ0n) is 19.4. The molecule has 3 amide bonds. The molecule has 4 rings (SSSR count). The number of sulfonamides is 1. The fourth-order valence-corrected chi connectivity index (χ4v) is 6.04. The molecule has 2 aromatic rings. The highest BCUT2D eigenvalue weighted by Crippen LogP contribution is 2.28. The van der Waals surface area contributed by atoms with E-state index in [4.69, 9.17) is 0 Å². The lowest BCUT2D eigenvalue weighted by Gasteiger charge is -2.37. The largest absolute Gasteiger partial charge is 0.338 e. The van der Waals surface area contributed by atoms with Crippen LogP contribution in [0, 0.1) is 5.92 Å². The van der Waals surface area contributed by atoms with E-state index < -0.39 is 27.9 Å². The van der Waals surface area contributed by atoms with Crippen LogP contribution in [0.25, 0.3) is 0 Å². The molecule has 0 spiro atoms. The van der Waals surface area contributed by atoms with Gasteiger partial charge < -0.3 is 4.90 Å². The van der Waals surface area contributed by atoms with E-state index in [2.05, 4.69) is 0 Å².